The molecular formula is C15H23N5OS. The van der Waals surface area contributed by atoms with Crippen molar-refractivity contribution in [3.8, 4) is 0 Å². The lowest BCUT2D eigenvalue weighted by Crippen LogP contribution is -2.48. The van der Waals surface area contributed by atoms with E-state index in [-0.39, 0.29) is 6.04 Å². The van der Waals surface area contributed by atoms with Crippen molar-refractivity contribution in [1.82, 2.24) is 19.9 Å². The molecule has 1 saturated heterocycles. The van der Waals surface area contributed by atoms with E-state index in [0.29, 0.717) is 11.2 Å². The SMILES string of the molecule is C[C@H]1CN=C(N2CCN([C@@H](C)c3nc(C4CC4)no3)CC2)S1. The summed E-state index contributed by atoms with van der Waals surface area (Å²) in [6.45, 7) is 9.49. The smallest absolute Gasteiger partial charge is 0.243 e. The van der Waals surface area contributed by atoms with Crippen molar-refractivity contribution in [2.75, 3.05) is 32.7 Å². The van der Waals surface area contributed by atoms with E-state index in [1.807, 2.05) is 11.8 Å². The van der Waals surface area contributed by atoms with E-state index in [4.69, 9.17) is 4.52 Å². The van der Waals surface area contributed by atoms with Crippen LogP contribution in [-0.4, -0.2) is 63.1 Å². The van der Waals surface area contributed by atoms with Crippen molar-refractivity contribution in [3.05, 3.63) is 11.7 Å². The first-order valence-electron chi connectivity index (χ1n) is 8.24. The summed E-state index contributed by atoms with van der Waals surface area (Å²) in [5.74, 6) is 2.24. The number of aromatic nitrogens is 2. The average molecular weight is 321 g/mol. The minimum absolute atomic E-state index is 0.208. The Balaban J connectivity index is 1.34. The summed E-state index contributed by atoms with van der Waals surface area (Å²) in [6.07, 6.45) is 2.43. The Hall–Kier alpha value is -1.08. The number of hydrogen-bond donors (Lipinski definition) is 0. The fourth-order valence-electron chi connectivity index (χ4n) is 3.02. The molecule has 0 N–H and O–H groups in total. The molecular weight excluding hydrogens is 298 g/mol. The third-order valence-electron chi connectivity index (χ3n) is 4.68. The minimum atomic E-state index is 0.208. The molecule has 1 aromatic heterocycles. The first-order chi connectivity index (χ1) is 10.7. The maximum Gasteiger partial charge on any atom is 0.243 e. The van der Waals surface area contributed by atoms with Gasteiger partial charge in [-0.15, -0.1) is 0 Å². The monoisotopic (exact) mass is 321 g/mol. The summed E-state index contributed by atoms with van der Waals surface area (Å²) in [5.41, 5.74) is 0. The van der Waals surface area contributed by atoms with Crippen LogP contribution in [0.4, 0.5) is 0 Å². The minimum Gasteiger partial charge on any atom is -0.349 e. The molecule has 0 unspecified atom stereocenters. The maximum absolute atomic E-state index is 5.48. The lowest BCUT2D eigenvalue weighted by atomic mass is 10.2. The van der Waals surface area contributed by atoms with Gasteiger partial charge in [0.15, 0.2) is 11.0 Å². The van der Waals surface area contributed by atoms with Crippen LogP contribution in [0.5, 0.6) is 0 Å². The Kier molecular flexibility index (Phi) is 3.86. The molecule has 4 rings (SSSR count). The molecule has 1 aliphatic carbocycles. The first-order valence-corrected chi connectivity index (χ1v) is 9.12. The molecule has 7 heteroatoms. The summed E-state index contributed by atoms with van der Waals surface area (Å²) in [6, 6.07) is 0.208. The topological polar surface area (TPSA) is 57.8 Å². The van der Waals surface area contributed by atoms with Crippen LogP contribution in [-0.2, 0) is 0 Å². The highest BCUT2D eigenvalue weighted by Gasteiger charge is 2.32. The van der Waals surface area contributed by atoms with Crippen LogP contribution in [0.3, 0.4) is 0 Å². The second-order valence-corrected chi connectivity index (χ2v) is 7.92. The summed E-state index contributed by atoms with van der Waals surface area (Å²) < 4.78 is 5.48. The van der Waals surface area contributed by atoms with Gasteiger partial charge in [-0.1, -0.05) is 23.8 Å². The maximum atomic E-state index is 5.48. The number of hydrogen-bond acceptors (Lipinski definition) is 7. The Morgan fingerprint density at radius 3 is 2.64 bits per heavy atom. The van der Waals surface area contributed by atoms with Gasteiger partial charge < -0.3 is 9.42 Å². The van der Waals surface area contributed by atoms with Crippen LogP contribution in [0.1, 0.15) is 50.4 Å². The third kappa shape index (κ3) is 2.88. The molecule has 1 saturated carbocycles. The van der Waals surface area contributed by atoms with E-state index in [1.165, 1.54) is 18.0 Å². The molecule has 0 amide bonds. The van der Waals surface area contributed by atoms with Crippen LogP contribution < -0.4 is 0 Å². The van der Waals surface area contributed by atoms with Crippen molar-refractivity contribution in [3.63, 3.8) is 0 Å². The zero-order chi connectivity index (χ0) is 15.1. The largest absolute Gasteiger partial charge is 0.349 e. The normalized spacial score (nSPS) is 28.0. The summed E-state index contributed by atoms with van der Waals surface area (Å²) in [7, 11) is 0. The highest BCUT2D eigenvalue weighted by molar-refractivity contribution is 8.14. The van der Waals surface area contributed by atoms with Gasteiger partial charge in [0.05, 0.1) is 12.6 Å². The molecule has 2 fully saturated rings. The van der Waals surface area contributed by atoms with Crippen LogP contribution >= 0.6 is 11.8 Å². The van der Waals surface area contributed by atoms with E-state index < -0.39 is 0 Å². The lowest BCUT2D eigenvalue weighted by Gasteiger charge is -2.37. The Bertz CT molecular complexity index is 562. The molecule has 22 heavy (non-hydrogen) atoms. The van der Waals surface area contributed by atoms with E-state index in [9.17, 15) is 0 Å². The highest BCUT2D eigenvalue weighted by atomic mass is 32.2. The standard InChI is InChI=1S/C15H23N5OS/c1-10-9-16-15(22-10)20-7-5-19(6-8-20)11(2)14-17-13(18-21-14)12-3-4-12/h10-12H,3-9H2,1-2H3/t10-,11-/m0/s1. The van der Waals surface area contributed by atoms with Gasteiger partial charge in [0.25, 0.3) is 0 Å². The van der Waals surface area contributed by atoms with Crippen LogP contribution in [0, 0.1) is 0 Å². The number of thioether (sulfide) groups is 1. The second kappa shape index (κ2) is 5.85. The van der Waals surface area contributed by atoms with Gasteiger partial charge in [0, 0.05) is 37.3 Å². The number of nitrogens with zero attached hydrogens (tertiary/aromatic N) is 5. The van der Waals surface area contributed by atoms with Gasteiger partial charge in [0.2, 0.25) is 5.89 Å². The Morgan fingerprint density at radius 1 is 1.23 bits per heavy atom. The highest BCUT2D eigenvalue weighted by Crippen LogP contribution is 2.38. The summed E-state index contributed by atoms with van der Waals surface area (Å²) in [5, 5.41) is 6.00. The number of amidine groups is 1. The van der Waals surface area contributed by atoms with Crippen LogP contribution in [0.25, 0.3) is 0 Å². The van der Waals surface area contributed by atoms with Gasteiger partial charge in [-0.25, -0.2) is 0 Å². The van der Waals surface area contributed by atoms with E-state index in [1.54, 1.807) is 0 Å². The first kappa shape index (κ1) is 14.5. The number of piperazine rings is 1. The Labute approximate surface area is 135 Å². The fraction of sp³-hybridized carbons (Fsp3) is 0.800. The predicted octanol–water partition coefficient (Wildman–Crippen LogP) is 2.12. The fourth-order valence-corrected chi connectivity index (χ4v) is 4.01. The molecule has 3 aliphatic rings. The summed E-state index contributed by atoms with van der Waals surface area (Å²) in [4.78, 5) is 14.1. The molecule has 0 spiro atoms. The zero-order valence-electron chi connectivity index (χ0n) is 13.2. The van der Waals surface area contributed by atoms with Crippen molar-refractivity contribution in [2.45, 2.75) is 43.9 Å². The van der Waals surface area contributed by atoms with Gasteiger partial charge in [-0.3, -0.25) is 9.89 Å². The molecule has 3 heterocycles. The van der Waals surface area contributed by atoms with Crippen molar-refractivity contribution in [2.24, 2.45) is 4.99 Å². The number of aliphatic imine (C=N–C) groups is 1. The predicted molar refractivity (Wildman–Crippen MR) is 87.2 cm³/mol. The van der Waals surface area contributed by atoms with Crippen LogP contribution in [0.2, 0.25) is 0 Å². The van der Waals surface area contributed by atoms with Crippen LogP contribution in [0.15, 0.2) is 9.52 Å². The molecule has 0 aromatic carbocycles. The molecule has 0 radical (unpaired) electrons. The van der Waals surface area contributed by atoms with Gasteiger partial charge in [-0.05, 0) is 19.8 Å². The van der Waals surface area contributed by atoms with Crippen molar-refractivity contribution >= 4 is 16.9 Å². The van der Waals surface area contributed by atoms with E-state index >= 15 is 0 Å². The molecule has 0 bridgehead atoms. The summed E-state index contributed by atoms with van der Waals surface area (Å²) >= 11 is 1.91. The van der Waals surface area contributed by atoms with E-state index in [0.717, 1.165) is 44.4 Å². The van der Waals surface area contributed by atoms with Gasteiger partial charge in [-0.2, -0.15) is 4.98 Å². The van der Waals surface area contributed by atoms with Crippen molar-refractivity contribution < 1.29 is 4.52 Å². The molecule has 2 atom stereocenters. The lowest BCUT2D eigenvalue weighted by molar-refractivity contribution is 0.121. The Morgan fingerprint density at radius 2 is 2.00 bits per heavy atom. The van der Waals surface area contributed by atoms with Crippen molar-refractivity contribution in [1.29, 1.82) is 0 Å². The molecule has 120 valence electrons. The zero-order valence-corrected chi connectivity index (χ0v) is 14.1. The molecule has 6 nitrogen and oxygen atoms in total. The second-order valence-electron chi connectivity index (χ2n) is 6.52. The quantitative estimate of drug-likeness (QED) is 0.850. The third-order valence-corrected chi connectivity index (χ3v) is 5.83. The molecule has 1 aromatic rings. The number of rotatable bonds is 3. The van der Waals surface area contributed by atoms with E-state index in [2.05, 4.69) is 38.8 Å². The average Bonchev–Trinajstić information content (AvgIpc) is 3.11. The van der Waals surface area contributed by atoms with Gasteiger partial charge in [0.1, 0.15) is 0 Å². The molecule has 2 aliphatic heterocycles. The van der Waals surface area contributed by atoms with Gasteiger partial charge >= 0.3 is 0 Å².